The molecule has 2 fully saturated rings. The summed E-state index contributed by atoms with van der Waals surface area (Å²) in [6, 6.07) is 1.61. The molecule has 0 aromatic carbocycles. The standard InChI is InChI=1S/C19H22F2N4O3/c1-2-24-7-5-12-15(13(18(27)28)9-22-16(12)24)23-11-4-3-6-25(10-11)17(26)14-8-19(14,20)21/h5,7,9,11,14H,2-4,6,8,10H2,1H3,(H,22,23)(H,27,28)/t11?,14-/m1/s1. The van der Waals surface area contributed by atoms with Gasteiger partial charge in [0.05, 0.1) is 5.69 Å². The van der Waals surface area contributed by atoms with Crippen LogP contribution < -0.4 is 5.32 Å². The van der Waals surface area contributed by atoms with Gasteiger partial charge in [-0.15, -0.1) is 0 Å². The zero-order valence-electron chi connectivity index (χ0n) is 15.5. The zero-order chi connectivity index (χ0) is 20.1. The summed E-state index contributed by atoms with van der Waals surface area (Å²) in [5.41, 5.74) is 1.19. The highest BCUT2D eigenvalue weighted by Gasteiger charge is 2.62. The molecule has 28 heavy (non-hydrogen) atoms. The molecule has 2 N–H and O–H groups in total. The van der Waals surface area contributed by atoms with Crippen LogP contribution in [0, 0.1) is 5.92 Å². The molecule has 4 rings (SSSR count). The van der Waals surface area contributed by atoms with Crippen LogP contribution in [0.2, 0.25) is 0 Å². The molecule has 0 radical (unpaired) electrons. The van der Waals surface area contributed by atoms with Gasteiger partial charge in [0.15, 0.2) is 0 Å². The molecule has 1 saturated carbocycles. The molecule has 2 aliphatic rings. The Morgan fingerprint density at radius 2 is 2.18 bits per heavy atom. The van der Waals surface area contributed by atoms with E-state index >= 15 is 0 Å². The number of aromatic nitrogens is 2. The zero-order valence-corrected chi connectivity index (χ0v) is 15.5. The van der Waals surface area contributed by atoms with Crippen LogP contribution in [0.25, 0.3) is 11.0 Å². The van der Waals surface area contributed by atoms with Crippen molar-refractivity contribution in [2.45, 2.75) is 44.7 Å². The van der Waals surface area contributed by atoms with E-state index in [0.717, 1.165) is 6.42 Å². The summed E-state index contributed by atoms with van der Waals surface area (Å²) >= 11 is 0. The van der Waals surface area contributed by atoms with Crippen molar-refractivity contribution >= 4 is 28.6 Å². The van der Waals surface area contributed by atoms with Crippen LogP contribution in [0.4, 0.5) is 14.5 Å². The Labute approximate surface area is 160 Å². The maximum Gasteiger partial charge on any atom is 0.339 e. The fraction of sp³-hybridized carbons (Fsp3) is 0.526. The number of carbonyl (C=O) groups excluding carboxylic acids is 1. The van der Waals surface area contributed by atoms with Crippen LogP contribution in [0.15, 0.2) is 18.5 Å². The fourth-order valence-corrected chi connectivity index (χ4v) is 3.91. The molecule has 1 amide bonds. The number of rotatable bonds is 5. The molecule has 7 nitrogen and oxygen atoms in total. The number of nitrogens with one attached hydrogen (secondary N) is 1. The highest BCUT2D eigenvalue weighted by Crippen LogP contribution is 2.49. The first-order valence-electron chi connectivity index (χ1n) is 9.46. The summed E-state index contributed by atoms with van der Waals surface area (Å²) < 4.78 is 28.4. The number of nitrogens with zero attached hydrogens (tertiary/aromatic N) is 3. The summed E-state index contributed by atoms with van der Waals surface area (Å²) in [6.07, 6.45) is 4.20. The summed E-state index contributed by atoms with van der Waals surface area (Å²) in [7, 11) is 0. The van der Waals surface area contributed by atoms with Crippen LogP contribution in [0.1, 0.15) is 36.5 Å². The minimum absolute atomic E-state index is 0.0542. The number of piperidine rings is 1. The molecule has 2 aromatic rings. The number of alkyl halides is 2. The number of anilines is 1. The number of pyridine rings is 1. The van der Waals surface area contributed by atoms with Gasteiger partial charge >= 0.3 is 5.97 Å². The lowest BCUT2D eigenvalue weighted by molar-refractivity contribution is -0.135. The third kappa shape index (κ3) is 3.18. The van der Waals surface area contributed by atoms with Crippen molar-refractivity contribution < 1.29 is 23.5 Å². The smallest absolute Gasteiger partial charge is 0.339 e. The fourth-order valence-electron chi connectivity index (χ4n) is 3.91. The number of carboxylic acid groups (broad SMARTS) is 1. The second-order valence-electron chi connectivity index (χ2n) is 7.48. The average Bonchev–Trinajstić information content (AvgIpc) is 3.11. The highest BCUT2D eigenvalue weighted by molar-refractivity contribution is 6.03. The van der Waals surface area contributed by atoms with Crippen molar-refractivity contribution in [3.8, 4) is 0 Å². The van der Waals surface area contributed by atoms with Crippen molar-refractivity contribution in [2.75, 3.05) is 18.4 Å². The molecular formula is C19H22F2N4O3. The van der Waals surface area contributed by atoms with E-state index in [2.05, 4.69) is 10.3 Å². The van der Waals surface area contributed by atoms with Crippen LogP contribution in [-0.2, 0) is 11.3 Å². The Bertz CT molecular complexity index is 943. The summed E-state index contributed by atoms with van der Waals surface area (Å²) in [5.74, 6) is -5.68. The number of likely N-dealkylation sites (tertiary alicyclic amines) is 1. The summed E-state index contributed by atoms with van der Waals surface area (Å²) in [4.78, 5) is 29.8. The maximum atomic E-state index is 13.3. The first-order valence-corrected chi connectivity index (χ1v) is 9.46. The van der Waals surface area contributed by atoms with Gasteiger partial charge in [0, 0.05) is 49.9 Å². The highest BCUT2D eigenvalue weighted by atomic mass is 19.3. The molecular weight excluding hydrogens is 370 g/mol. The number of carboxylic acids is 1. The van der Waals surface area contributed by atoms with E-state index < -0.39 is 23.7 Å². The van der Waals surface area contributed by atoms with Crippen molar-refractivity contribution in [2.24, 2.45) is 5.92 Å². The van der Waals surface area contributed by atoms with E-state index in [9.17, 15) is 23.5 Å². The van der Waals surface area contributed by atoms with Gasteiger partial charge in [-0.3, -0.25) is 4.79 Å². The van der Waals surface area contributed by atoms with Crippen molar-refractivity contribution in [3.63, 3.8) is 0 Å². The van der Waals surface area contributed by atoms with E-state index in [-0.39, 0.29) is 24.6 Å². The average molecular weight is 392 g/mol. The lowest BCUT2D eigenvalue weighted by Gasteiger charge is -2.34. The number of hydrogen-bond donors (Lipinski definition) is 2. The summed E-state index contributed by atoms with van der Waals surface area (Å²) in [5, 5.41) is 13.5. The molecule has 0 spiro atoms. The van der Waals surface area contributed by atoms with E-state index in [1.54, 1.807) is 0 Å². The monoisotopic (exact) mass is 392 g/mol. The molecule has 2 aromatic heterocycles. The number of aromatic carboxylic acids is 1. The first kappa shape index (κ1) is 18.6. The second kappa shape index (κ2) is 6.72. The number of aryl methyl sites for hydroxylation is 1. The van der Waals surface area contributed by atoms with Crippen LogP contribution in [0.3, 0.4) is 0 Å². The van der Waals surface area contributed by atoms with Gasteiger partial charge in [-0.1, -0.05) is 0 Å². The van der Waals surface area contributed by atoms with Gasteiger partial charge in [-0.2, -0.15) is 0 Å². The quantitative estimate of drug-likeness (QED) is 0.817. The minimum atomic E-state index is -2.88. The number of hydrogen-bond acceptors (Lipinski definition) is 4. The molecule has 2 atom stereocenters. The van der Waals surface area contributed by atoms with Gasteiger partial charge in [0.25, 0.3) is 5.92 Å². The lowest BCUT2D eigenvalue weighted by Crippen LogP contribution is -2.46. The Balaban J connectivity index is 1.58. The number of fused-ring (bicyclic) bond motifs is 1. The molecule has 1 aliphatic heterocycles. The van der Waals surface area contributed by atoms with Crippen LogP contribution in [0.5, 0.6) is 0 Å². The largest absolute Gasteiger partial charge is 0.478 e. The molecule has 150 valence electrons. The number of amides is 1. The minimum Gasteiger partial charge on any atom is -0.478 e. The topological polar surface area (TPSA) is 87.5 Å². The van der Waals surface area contributed by atoms with Gasteiger partial charge in [-0.05, 0) is 25.8 Å². The lowest BCUT2D eigenvalue weighted by atomic mass is 10.0. The Hall–Kier alpha value is -2.71. The third-order valence-corrected chi connectivity index (χ3v) is 5.57. The predicted molar refractivity (Wildman–Crippen MR) is 98.6 cm³/mol. The maximum absolute atomic E-state index is 13.3. The Morgan fingerprint density at radius 1 is 1.43 bits per heavy atom. The third-order valence-electron chi connectivity index (χ3n) is 5.57. The van der Waals surface area contributed by atoms with E-state index in [4.69, 9.17) is 0 Å². The predicted octanol–water partition coefficient (Wildman–Crippen LogP) is 2.81. The Kier molecular flexibility index (Phi) is 4.47. The number of carbonyl (C=O) groups is 2. The van der Waals surface area contributed by atoms with Gasteiger partial charge in [0.2, 0.25) is 5.91 Å². The molecule has 3 heterocycles. The first-order chi connectivity index (χ1) is 13.3. The van der Waals surface area contributed by atoms with Crippen molar-refractivity contribution in [1.29, 1.82) is 0 Å². The van der Waals surface area contributed by atoms with Gasteiger partial charge in [0.1, 0.15) is 17.1 Å². The molecule has 1 aliphatic carbocycles. The van der Waals surface area contributed by atoms with Gasteiger partial charge in [-0.25, -0.2) is 18.6 Å². The summed E-state index contributed by atoms with van der Waals surface area (Å²) in [6.45, 7) is 3.40. The molecule has 0 bridgehead atoms. The second-order valence-corrected chi connectivity index (χ2v) is 7.48. The van der Waals surface area contributed by atoms with E-state index in [1.165, 1.54) is 11.1 Å². The molecule has 1 saturated heterocycles. The van der Waals surface area contributed by atoms with Crippen LogP contribution >= 0.6 is 0 Å². The van der Waals surface area contributed by atoms with E-state index in [0.29, 0.717) is 36.2 Å². The molecule has 1 unspecified atom stereocenters. The van der Waals surface area contributed by atoms with Crippen LogP contribution in [-0.4, -0.2) is 56.5 Å². The number of halogens is 2. The van der Waals surface area contributed by atoms with Crippen molar-refractivity contribution in [3.05, 3.63) is 24.0 Å². The van der Waals surface area contributed by atoms with Crippen molar-refractivity contribution in [1.82, 2.24) is 14.5 Å². The van der Waals surface area contributed by atoms with Gasteiger partial charge < -0.3 is 19.9 Å². The normalized spacial score (nSPS) is 23.6. The van der Waals surface area contributed by atoms with E-state index in [1.807, 2.05) is 23.8 Å². The SMILES string of the molecule is CCn1ccc2c(NC3CCCN(C(=O)[C@H]4CC4(F)F)C3)c(C(=O)O)cnc21. The Morgan fingerprint density at radius 3 is 2.82 bits per heavy atom. The molecule has 9 heteroatoms.